The van der Waals surface area contributed by atoms with Crippen LogP contribution in [0.3, 0.4) is 0 Å². The van der Waals surface area contributed by atoms with Gasteiger partial charge in [0.15, 0.2) is 0 Å². The largest absolute Gasteiger partial charge is 0.417 e. The third kappa shape index (κ3) is 5.25. The number of carbonyl (C=O) groups excluding carboxylic acids is 1. The van der Waals surface area contributed by atoms with Crippen molar-refractivity contribution in [3.63, 3.8) is 0 Å². The van der Waals surface area contributed by atoms with Gasteiger partial charge in [0.1, 0.15) is 5.82 Å². The molecule has 1 aromatic heterocycles. The van der Waals surface area contributed by atoms with Gasteiger partial charge in [-0.3, -0.25) is 0 Å². The molecule has 0 saturated carbocycles. The van der Waals surface area contributed by atoms with Crippen LogP contribution in [0.5, 0.6) is 0 Å². The Balaban J connectivity index is 1.59. The van der Waals surface area contributed by atoms with E-state index in [1.807, 2.05) is 0 Å². The molecule has 32 heavy (non-hydrogen) atoms. The highest BCUT2D eigenvalue weighted by molar-refractivity contribution is 7.89. The molecule has 2 amide bonds. The Morgan fingerprint density at radius 3 is 2.22 bits per heavy atom. The molecular weight excluding hydrogens is 471 g/mol. The Labute approximate surface area is 188 Å². The average molecular weight is 492 g/mol. The van der Waals surface area contributed by atoms with Crippen LogP contribution in [0.2, 0.25) is 5.02 Å². The van der Waals surface area contributed by atoms with E-state index in [2.05, 4.69) is 10.3 Å². The molecule has 0 atom stereocenters. The van der Waals surface area contributed by atoms with Crippen LogP contribution in [0.25, 0.3) is 0 Å². The second kappa shape index (κ2) is 9.12. The van der Waals surface area contributed by atoms with Crippen molar-refractivity contribution >= 4 is 39.2 Å². The minimum absolute atomic E-state index is 0.106. The monoisotopic (exact) mass is 491 g/mol. The summed E-state index contributed by atoms with van der Waals surface area (Å²) in [6, 6.07) is 6.26. The molecule has 0 aliphatic carbocycles. The van der Waals surface area contributed by atoms with Crippen molar-refractivity contribution in [1.29, 1.82) is 0 Å². The molecule has 3 rings (SSSR count). The fourth-order valence-electron chi connectivity index (χ4n) is 3.06. The number of benzene rings is 1. The van der Waals surface area contributed by atoms with Crippen molar-refractivity contribution < 1.29 is 26.4 Å². The first kappa shape index (κ1) is 24.1. The van der Waals surface area contributed by atoms with Gasteiger partial charge >= 0.3 is 12.2 Å². The number of hydrogen-bond donors (Lipinski definition) is 1. The van der Waals surface area contributed by atoms with Crippen LogP contribution in [0, 0.1) is 0 Å². The Bertz CT molecular complexity index is 1090. The number of piperazine rings is 1. The van der Waals surface area contributed by atoms with Crippen molar-refractivity contribution in [1.82, 2.24) is 14.2 Å². The fraction of sp³-hybridized carbons (Fsp3) is 0.368. The zero-order valence-corrected chi connectivity index (χ0v) is 18.8. The molecule has 1 saturated heterocycles. The Morgan fingerprint density at radius 2 is 1.72 bits per heavy atom. The molecule has 2 aromatic rings. The van der Waals surface area contributed by atoms with Crippen molar-refractivity contribution in [2.45, 2.75) is 11.1 Å². The van der Waals surface area contributed by atoms with E-state index in [4.69, 9.17) is 11.6 Å². The SMILES string of the molecule is CN(C)S(=O)(=O)c1ccc(NC(=O)N2CCN(c3ncc(C(F)(F)F)cc3Cl)CC2)cc1. The molecule has 1 fully saturated rings. The number of anilines is 2. The lowest BCUT2D eigenvalue weighted by atomic mass is 10.2. The van der Waals surface area contributed by atoms with Gasteiger partial charge in [0, 0.05) is 52.2 Å². The van der Waals surface area contributed by atoms with E-state index < -0.39 is 21.8 Å². The number of carbonyl (C=O) groups is 1. The quantitative estimate of drug-likeness (QED) is 0.709. The number of nitrogens with zero attached hydrogens (tertiary/aromatic N) is 4. The van der Waals surface area contributed by atoms with Crippen LogP contribution in [-0.4, -0.2) is 68.9 Å². The van der Waals surface area contributed by atoms with E-state index in [1.165, 1.54) is 38.4 Å². The van der Waals surface area contributed by atoms with Crippen LogP contribution < -0.4 is 10.2 Å². The highest BCUT2D eigenvalue weighted by atomic mass is 35.5. The molecular formula is C19H21ClF3N5O3S. The van der Waals surface area contributed by atoms with E-state index in [9.17, 15) is 26.4 Å². The van der Waals surface area contributed by atoms with Gasteiger partial charge in [-0.15, -0.1) is 0 Å². The zero-order valence-electron chi connectivity index (χ0n) is 17.2. The number of amides is 2. The predicted molar refractivity (Wildman–Crippen MR) is 114 cm³/mol. The number of aromatic nitrogens is 1. The van der Waals surface area contributed by atoms with Crippen LogP contribution in [0.4, 0.5) is 29.5 Å². The van der Waals surface area contributed by atoms with E-state index in [0.717, 1.165) is 16.6 Å². The Hall–Kier alpha value is -2.57. The molecule has 13 heteroatoms. The lowest BCUT2D eigenvalue weighted by Crippen LogP contribution is -2.50. The third-order valence-electron chi connectivity index (χ3n) is 4.90. The lowest BCUT2D eigenvalue weighted by molar-refractivity contribution is -0.137. The first-order chi connectivity index (χ1) is 14.9. The number of hydrogen-bond acceptors (Lipinski definition) is 5. The summed E-state index contributed by atoms with van der Waals surface area (Å²) in [5, 5.41) is 2.60. The second-order valence-corrected chi connectivity index (χ2v) is 9.80. The summed E-state index contributed by atoms with van der Waals surface area (Å²) in [7, 11) is -0.707. The molecule has 1 N–H and O–H groups in total. The number of rotatable bonds is 4. The van der Waals surface area contributed by atoms with E-state index in [0.29, 0.717) is 31.9 Å². The fourth-order valence-corrected chi connectivity index (χ4v) is 4.25. The normalized spacial score (nSPS) is 15.2. The van der Waals surface area contributed by atoms with Gasteiger partial charge in [0.05, 0.1) is 15.5 Å². The number of pyridine rings is 1. The highest BCUT2D eigenvalue weighted by Crippen LogP contribution is 2.33. The van der Waals surface area contributed by atoms with Gasteiger partial charge in [0.25, 0.3) is 0 Å². The maximum atomic E-state index is 12.8. The Morgan fingerprint density at radius 1 is 1.12 bits per heavy atom. The van der Waals surface area contributed by atoms with Gasteiger partial charge in [-0.1, -0.05) is 11.6 Å². The van der Waals surface area contributed by atoms with Crippen molar-refractivity contribution in [3.8, 4) is 0 Å². The maximum Gasteiger partial charge on any atom is 0.417 e. The summed E-state index contributed by atoms with van der Waals surface area (Å²) in [4.78, 5) is 19.7. The van der Waals surface area contributed by atoms with Crippen molar-refractivity contribution in [2.24, 2.45) is 0 Å². The summed E-state index contributed by atoms with van der Waals surface area (Å²) in [5.74, 6) is 0.234. The molecule has 0 unspecified atom stereocenters. The lowest BCUT2D eigenvalue weighted by Gasteiger charge is -2.35. The van der Waals surface area contributed by atoms with Gasteiger partial charge in [0.2, 0.25) is 10.0 Å². The van der Waals surface area contributed by atoms with Crippen LogP contribution in [0.1, 0.15) is 5.56 Å². The van der Waals surface area contributed by atoms with Gasteiger partial charge < -0.3 is 15.1 Å². The molecule has 174 valence electrons. The first-order valence-electron chi connectivity index (χ1n) is 9.46. The summed E-state index contributed by atoms with van der Waals surface area (Å²) in [6.07, 6.45) is -3.79. The molecule has 0 radical (unpaired) electrons. The minimum Gasteiger partial charge on any atom is -0.352 e. The average Bonchev–Trinajstić information content (AvgIpc) is 2.73. The second-order valence-electron chi connectivity index (χ2n) is 7.24. The maximum absolute atomic E-state index is 12.8. The predicted octanol–water partition coefficient (Wildman–Crippen LogP) is 3.36. The summed E-state index contributed by atoms with van der Waals surface area (Å²) in [5.41, 5.74) is -0.490. The molecule has 2 heterocycles. The van der Waals surface area contributed by atoms with Gasteiger partial charge in [-0.2, -0.15) is 13.2 Å². The van der Waals surface area contributed by atoms with Crippen molar-refractivity contribution in [3.05, 3.63) is 47.1 Å². The zero-order chi connectivity index (χ0) is 23.7. The first-order valence-corrected chi connectivity index (χ1v) is 11.3. The number of alkyl halides is 3. The number of sulfonamides is 1. The molecule has 1 aliphatic rings. The van der Waals surface area contributed by atoms with Crippen LogP contribution in [-0.2, 0) is 16.2 Å². The van der Waals surface area contributed by atoms with Gasteiger partial charge in [-0.25, -0.2) is 22.5 Å². The minimum atomic E-state index is -4.53. The number of halogens is 4. The summed E-state index contributed by atoms with van der Waals surface area (Å²) in [6.45, 7) is 1.28. The molecule has 8 nitrogen and oxygen atoms in total. The van der Waals surface area contributed by atoms with Gasteiger partial charge in [-0.05, 0) is 30.3 Å². The summed E-state index contributed by atoms with van der Waals surface area (Å²) < 4.78 is 63.7. The molecule has 0 bridgehead atoms. The summed E-state index contributed by atoms with van der Waals surface area (Å²) >= 11 is 6.00. The third-order valence-corrected chi connectivity index (χ3v) is 7.01. The van der Waals surface area contributed by atoms with E-state index in [1.54, 1.807) is 9.80 Å². The molecule has 0 spiro atoms. The number of urea groups is 1. The molecule has 1 aromatic carbocycles. The van der Waals surface area contributed by atoms with E-state index >= 15 is 0 Å². The highest BCUT2D eigenvalue weighted by Gasteiger charge is 2.32. The molecule has 1 aliphatic heterocycles. The smallest absolute Gasteiger partial charge is 0.352 e. The standard InChI is InChI=1S/C19H21ClF3N5O3S/c1-26(2)32(30,31)15-5-3-14(4-6-15)25-18(29)28-9-7-27(8-10-28)17-16(20)11-13(12-24-17)19(21,22)23/h3-6,11-12H,7-10H2,1-2H3,(H,25,29). The van der Waals surface area contributed by atoms with E-state index in [-0.39, 0.29) is 21.8 Å². The number of nitrogens with one attached hydrogen (secondary N) is 1. The Kier molecular flexibility index (Phi) is 6.86. The topological polar surface area (TPSA) is 85.8 Å². The van der Waals surface area contributed by atoms with Crippen LogP contribution in [0.15, 0.2) is 41.4 Å². The van der Waals surface area contributed by atoms with Crippen LogP contribution >= 0.6 is 11.6 Å². The van der Waals surface area contributed by atoms with Crippen molar-refractivity contribution in [2.75, 3.05) is 50.5 Å².